The Hall–Kier alpha value is -1.37. The Balaban J connectivity index is 1.75. The number of nitrogens with one attached hydrogen (secondary N) is 1. The van der Waals surface area contributed by atoms with E-state index < -0.39 is 24.4 Å². The number of halogens is 4. The predicted octanol–water partition coefficient (Wildman–Crippen LogP) is 5.10. The Bertz CT molecular complexity index is 834. The van der Waals surface area contributed by atoms with Gasteiger partial charge in [0.05, 0.1) is 0 Å². The molecule has 1 N–H and O–H groups in total. The fraction of sp³-hybridized carbons (Fsp3) is 0.500. The van der Waals surface area contributed by atoms with Crippen LogP contribution in [0, 0.1) is 5.82 Å². The standard InChI is InChI=1S/C16H18ClF3N3O2P/c1-26(24,23-12-4-2-3-5-12)9-11-7-6-10(8-13(11)18)14-21-15(25-22-14)16(17,19)20/h6-8,12H,2-5,9H2,1H3,(H,23,24). The summed E-state index contributed by atoms with van der Waals surface area (Å²) in [5.41, 5.74) is 0.438. The monoisotopic (exact) mass is 407 g/mol. The number of hydrogen-bond donors (Lipinski definition) is 1. The Kier molecular flexibility index (Phi) is 5.47. The number of alkyl halides is 3. The van der Waals surface area contributed by atoms with Crippen LogP contribution >= 0.6 is 18.9 Å². The molecule has 0 bridgehead atoms. The van der Waals surface area contributed by atoms with Gasteiger partial charge in [-0.1, -0.05) is 30.1 Å². The minimum Gasteiger partial charge on any atom is -0.331 e. The zero-order chi connectivity index (χ0) is 18.9. The molecule has 0 aliphatic heterocycles. The van der Waals surface area contributed by atoms with Crippen molar-refractivity contribution >= 4 is 18.9 Å². The number of benzene rings is 1. The third-order valence-corrected chi connectivity index (χ3v) is 6.28. The lowest BCUT2D eigenvalue weighted by molar-refractivity contribution is 0.0551. The summed E-state index contributed by atoms with van der Waals surface area (Å²) in [6.07, 6.45) is 4.23. The first-order valence-electron chi connectivity index (χ1n) is 8.18. The van der Waals surface area contributed by atoms with Gasteiger partial charge in [0.15, 0.2) is 0 Å². The fourth-order valence-electron chi connectivity index (χ4n) is 3.08. The zero-order valence-electron chi connectivity index (χ0n) is 14.0. The summed E-state index contributed by atoms with van der Waals surface area (Å²) in [6.45, 7) is 1.60. The molecule has 5 nitrogen and oxygen atoms in total. The summed E-state index contributed by atoms with van der Waals surface area (Å²) < 4.78 is 57.4. The lowest BCUT2D eigenvalue weighted by atomic mass is 10.1. The van der Waals surface area contributed by atoms with E-state index in [-0.39, 0.29) is 29.2 Å². The van der Waals surface area contributed by atoms with Crippen LogP contribution in [-0.2, 0) is 16.1 Å². The van der Waals surface area contributed by atoms with E-state index in [0.29, 0.717) is 0 Å². The lowest BCUT2D eigenvalue weighted by Crippen LogP contribution is -2.23. The minimum absolute atomic E-state index is 0.0624. The molecular formula is C16H18ClF3N3O2P. The second-order valence-electron chi connectivity index (χ2n) is 6.60. The Labute approximate surface area is 153 Å². The topological polar surface area (TPSA) is 68.0 Å². The first-order valence-corrected chi connectivity index (χ1v) is 10.9. The van der Waals surface area contributed by atoms with Gasteiger partial charge < -0.3 is 9.09 Å². The Morgan fingerprint density at radius 3 is 2.65 bits per heavy atom. The van der Waals surface area contributed by atoms with Crippen LogP contribution in [0.3, 0.4) is 0 Å². The molecule has 1 fully saturated rings. The molecule has 142 valence electrons. The summed E-state index contributed by atoms with van der Waals surface area (Å²) in [6, 6.07) is 4.23. The summed E-state index contributed by atoms with van der Waals surface area (Å²) in [4.78, 5) is 3.47. The van der Waals surface area contributed by atoms with Crippen LogP contribution in [-0.4, -0.2) is 22.8 Å². The number of rotatable bonds is 6. The highest BCUT2D eigenvalue weighted by molar-refractivity contribution is 7.60. The number of hydrogen-bond acceptors (Lipinski definition) is 4. The van der Waals surface area contributed by atoms with E-state index in [4.69, 9.17) is 11.6 Å². The average molecular weight is 408 g/mol. The van der Waals surface area contributed by atoms with Crippen LogP contribution in [0.2, 0.25) is 0 Å². The van der Waals surface area contributed by atoms with Gasteiger partial charge in [-0.25, -0.2) is 4.39 Å². The molecule has 1 aromatic carbocycles. The van der Waals surface area contributed by atoms with Gasteiger partial charge >= 0.3 is 11.3 Å². The van der Waals surface area contributed by atoms with Crippen molar-refractivity contribution in [2.24, 2.45) is 0 Å². The van der Waals surface area contributed by atoms with Crippen molar-refractivity contribution < 1.29 is 22.3 Å². The van der Waals surface area contributed by atoms with Crippen LogP contribution in [0.4, 0.5) is 13.2 Å². The zero-order valence-corrected chi connectivity index (χ0v) is 15.7. The van der Waals surface area contributed by atoms with E-state index >= 15 is 0 Å². The highest BCUT2D eigenvalue weighted by atomic mass is 35.5. The molecule has 1 atom stereocenters. The molecule has 0 amide bonds. The molecule has 1 aromatic heterocycles. The molecule has 26 heavy (non-hydrogen) atoms. The molecule has 1 aliphatic carbocycles. The maximum absolute atomic E-state index is 14.4. The average Bonchev–Trinajstić information content (AvgIpc) is 3.19. The minimum atomic E-state index is -3.79. The van der Waals surface area contributed by atoms with Crippen molar-refractivity contribution in [1.82, 2.24) is 15.2 Å². The van der Waals surface area contributed by atoms with Gasteiger partial charge in [-0.15, -0.1) is 0 Å². The summed E-state index contributed by atoms with van der Waals surface area (Å²) in [7, 11) is -2.75. The lowest BCUT2D eigenvalue weighted by Gasteiger charge is -2.20. The van der Waals surface area contributed by atoms with E-state index in [1.807, 2.05) is 0 Å². The first-order chi connectivity index (χ1) is 12.1. The first kappa shape index (κ1) is 19.4. The molecule has 3 rings (SSSR count). The van der Waals surface area contributed by atoms with Crippen LogP contribution in [0.25, 0.3) is 11.4 Å². The molecule has 2 aromatic rings. The summed E-state index contributed by atoms with van der Waals surface area (Å²) >= 11 is 4.82. The van der Waals surface area contributed by atoms with E-state index in [2.05, 4.69) is 19.8 Å². The van der Waals surface area contributed by atoms with Crippen LogP contribution in [0.15, 0.2) is 22.7 Å². The molecule has 1 unspecified atom stereocenters. The van der Waals surface area contributed by atoms with E-state index in [1.54, 1.807) is 6.66 Å². The van der Waals surface area contributed by atoms with Crippen molar-refractivity contribution in [2.45, 2.75) is 43.3 Å². The number of nitrogens with zero attached hydrogens (tertiary/aromatic N) is 2. The molecule has 0 radical (unpaired) electrons. The fourth-order valence-corrected chi connectivity index (χ4v) is 5.19. The van der Waals surface area contributed by atoms with E-state index in [9.17, 15) is 17.7 Å². The van der Waals surface area contributed by atoms with Crippen LogP contribution < -0.4 is 5.09 Å². The van der Waals surface area contributed by atoms with E-state index in [1.165, 1.54) is 12.1 Å². The van der Waals surface area contributed by atoms with Crippen molar-refractivity contribution in [1.29, 1.82) is 0 Å². The molecule has 1 aliphatic rings. The largest absolute Gasteiger partial charge is 0.400 e. The van der Waals surface area contributed by atoms with Gasteiger partial charge in [-0.05, 0) is 36.1 Å². The molecule has 1 saturated carbocycles. The highest BCUT2D eigenvalue weighted by Gasteiger charge is 2.35. The molecule has 10 heteroatoms. The van der Waals surface area contributed by atoms with Crippen LogP contribution in [0.5, 0.6) is 0 Å². The normalized spacial score (nSPS) is 18.2. The Morgan fingerprint density at radius 2 is 2.08 bits per heavy atom. The van der Waals surface area contributed by atoms with E-state index in [0.717, 1.165) is 31.7 Å². The maximum atomic E-state index is 14.4. The van der Waals surface area contributed by atoms with Gasteiger partial charge in [0, 0.05) is 24.4 Å². The second kappa shape index (κ2) is 7.33. The third kappa shape index (κ3) is 4.67. The van der Waals surface area contributed by atoms with Gasteiger partial charge in [-0.3, -0.25) is 5.09 Å². The maximum Gasteiger partial charge on any atom is 0.400 e. The molecule has 1 heterocycles. The van der Waals surface area contributed by atoms with Crippen LogP contribution in [0.1, 0.15) is 37.1 Å². The van der Waals surface area contributed by atoms with Crippen molar-refractivity contribution in [3.05, 3.63) is 35.5 Å². The quantitative estimate of drug-likeness (QED) is 0.532. The highest BCUT2D eigenvalue weighted by Crippen LogP contribution is 2.43. The molecule has 0 spiro atoms. The second-order valence-corrected chi connectivity index (χ2v) is 9.85. The molecule has 0 saturated heterocycles. The Morgan fingerprint density at radius 1 is 1.38 bits per heavy atom. The summed E-state index contributed by atoms with van der Waals surface area (Å²) in [5.74, 6) is -1.87. The van der Waals surface area contributed by atoms with Crippen molar-refractivity contribution in [3.8, 4) is 11.4 Å². The van der Waals surface area contributed by atoms with Crippen molar-refractivity contribution in [2.75, 3.05) is 6.66 Å². The van der Waals surface area contributed by atoms with Crippen molar-refractivity contribution in [3.63, 3.8) is 0 Å². The summed E-state index contributed by atoms with van der Waals surface area (Å²) in [5, 5.41) is 2.74. The smallest absolute Gasteiger partial charge is 0.331 e. The SMILES string of the molecule is CP(=O)(Cc1ccc(-c2noc(C(F)(F)Cl)n2)cc1F)NC1CCCC1. The van der Waals surface area contributed by atoms with Gasteiger partial charge in [-0.2, -0.15) is 13.8 Å². The number of aromatic nitrogens is 2. The van der Waals surface area contributed by atoms with Gasteiger partial charge in [0.1, 0.15) is 13.1 Å². The van der Waals surface area contributed by atoms with Gasteiger partial charge in [0.25, 0.3) is 0 Å². The molecular weight excluding hydrogens is 390 g/mol. The predicted molar refractivity (Wildman–Crippen MR) is 92.1 cm³/mol. The van der Waals surface area contributed by atoms with Gasteiger partial charge in [0.2, 0.25) is 5.82 Å². The third-order valence-electron chi connectivity index (χ3n) is 4.26.